The molecule has 31 heavy (non-hydrogen) atoms. The van der Waals surface area contributed by atoms with Crippen molar-refractivity contribution in [3.05, 3.63) is 42.4 Å². The van der Waals surface area contributed by atoms with Crippen molar-refractivity contribution in [2.75, 3.05) is 51.3 Å². The molecule has 0 saturated carbocycles. The standard InChI is InChI=1S/C22H26N6O3/c1-16-24-18-3-2-6-23-21(18)28(16)12-9-26-7-10-27(11-8-26)22(29)25-17-4-5-19-20(15-17)31-14-13-30-19/h2-6,15H,7-14H2,1H3,(H,25,29). The molecule has 1 aromatic carbocycles. The number of hydrogen-bond acceptors (Lipinski definition) is 6. The molecule has 9 heteroatoms. The number of aromatic nitrogens is 3. The molecule has 1 fully saturated rings. The Hall–Kier alpha value is -3.33. The van der Waals surface area contributed by atoms with Crippen LogP contribution in [0.15, 0.2) is 36.5 Å². The van der Waals surface area contributed by atoms with Gasteiger partial charge in [0.05, 0.1) is 0 Å². The molecule has 9 nitrogen and oxygen atoms in total. The quantitative estimate of drug-likeness (QED) is 0.695. The van der Waals surface area contributed by atoms with Gasteiger partial charge < -0.3 is 24.3 Å². The van der Waals surface area contributed by atoms with Crippen LogP contribution in [-0.2, 0) is 6.54 Å². The van der Waals surface area contributed by atoms with Crippen LogP contribution in [0.2, 0.25) is 0 Å². The topological polar surface area (TPSA) is 84.8 Å². The minimum Gasteiger partial charge on any atom is -0.486 e. The van der Waals surface area contributed by atoms with Gasteiger partial charge in [-0.15, -0.1) is 0 Å². The van der Waals surface area contributed by atoms with E-state index in [1.54, 1.807) is 6.20 Å². The third kappa shape index (κ3) is 4.13. The van der Waals surface area contributed by atoms with E-state index in [2.05, 4.69) is 24.8 Å². The first-order valence-electron chi connectivity index (χ1n) is 10.6. The van der Waals surface area contributed by atoms with Gasteiger partial charge in [-0.3, -0.25) is 4.90 Å². The largest absolute Gasteiger partial charge is 0.486 e. The molecule has 4 heterocycles. The molecule has 5 rings (SSSR count). The summed E-state index contributed by atoms with van der Waals surface area (Å²) in [6.07, 6.45) is 1.80. The molecule has 0 bridgehead atoms. The lowest BCUT2D eigenvalue weighted by Gasteiger charge is -2.34. The maximum Gasteiger partial charge on any atom is 0.321 e. The zero-order chi connectivity index (χ0) is 21.2. The summed E-state index contributed by atoms with van der Waals surface area (Å²) in [5, 5.41) is 2.97. The highest BCUT2D eigenvalue weighted by atomic mass is 16.6. The van der Waals surface area contributed by atoms with E-state index in [9.17, 15) is 4.79 Å². The van der Waals surface area contributed by atoms with Crippen LogP contribution < -0.4 is 14.8 Å². The van der Waals surface area contributed by atoms with Crippen LogP contribution in [0.25, 0.3) is 11.2 Å². The molecule has 2 amide bonds. The van der Waals surface area contributed by atoms with Gasteiger partial charge in [-0.25, -0.2) is 14.8 Å². The van der Waals surface area contributed by atoms with Crippen LogP contribution in [0, 0.1) is 6.92 Å². The number of imidazole rings is 1. The van der Waals surface area contributed by atoms with Crippen molar-refractivity contribution in [3.8, 4) is 11.5 Å². The van der Waals surface area contributed by atoms with E-state index in [4.69, 9.17) is 9.47 Å². The number of hydrogen-bond donors (Lipinski definition) is 1. The van der Waals surface area contributed by atoms with E-state index in [1.165, 1.54) is 0 Å². The normalized spacial score (nSPS) is 16.5. The molecule has 0 unspecified atom stereocenters. The highest BCUT2D eigenvalue weighted by Gasteiger charge is 2.22. The Morgan fingerprint density at radius 3 is 2.71 bits per heavy atom. The Kier molecular flexibility index (Phi) is 5.33. The van der Waals surface area contributed by atoms with Gasteiger partial charge in [0.15, 0.2) is 17.1 Å². The fraction of sp³-hybridized carbons (Fsp3) is 0.409. The number of benzene rings is 1. The van der Waals surface area contributed by atoms with E-state index in [0.29, 0.717) is 43.5 Å². The molecule has 1 saturated heterocycles. The number of amides is 2. The van der Waals surface area contributed by atoms with Crippen LogP contribution in [0.4, 0.5) is 10.5 Å². The van der Waals surface area contributed by atoms with Gasteiger partial charge in [0.1, 0.15) is 24.6 Å². The SMILES string of the molecule is Cc1nc2cccnc2n1CCN1CCN(C(=O)Nc2ccc3c(c2)OCCO3)CC1. The van der Waals surface area contributed by atoms with Crippen molar-refractivity contribution >= 4 is 22.9 Å². The number of aryl methyl sites for hydroxylation is 1. The van der Waals surface area contributed by atoms with Gasteiger partial charge in [-0.05, 0) is 31.2 Å². The lowest BCUT2D eigenvalue weighted by Crippen LogP contribution is -2.50. The first kappa shape index (κ1) is 19.6. The van der Waals surface area contributed by atoms with Crippen molar-refractivity contribution < 1.29 is 14.3 Å². The molecule has 2 aliphatic heterocycles. The zero-order valence-corrected chi connectivity index (χ0v) is 17.6. The summed E-state index contributed by atoms with van der Waals surface area (Å²) < 4.78 is 13.3. The summed E-state index contributed by atoms with van der Waals surface area (Å²) in [6, 6.07) is 9.30. The minimum atomic E-state index is -0.0861. The summed E-state index contributed by atoms with van der Waals surface area (Å²) in [5.41, 5.74) is 2.57. The second-order valence-electron chi connectivity index (χ2n) is 7.77. The average Bonchev–Trinajstić information content (AvgIpc) is 3.13. The number of urea groups is 1. The van der Waals surface area contributed by atoms with E-state index >= 15 is 0 Å². The Bertz CT molecular complexity index is 1090. The maximum absolute atomic E-state index is 12.7. The first-order valence-corrected chi connectivity index (χ1v) is 10.6. The van der Waals surface area contributed by atoms with Gasteiger partial charge in [0, 0.05) is 57.2 Å². The number of fused-ring (bicyclic) bond motifs is 2. The Balaban J connectivity index is 1.13. The van der Waals surface area contributed by atoms with Crippen molar-refractivity contribution in [3.63, 3.8) is 0 Å². The maximum atomic E-state index is 12.7. The molecular formula is C22H26N6O3. The number of piperazine rings is 1. The minimum absolute atomic E-state index is 0.0861. The molecule has 1 N–H and O–H groups in total. The number of rotatable bonds is 4. The second-order valence-corrected chi connectivity index (χ2v) is 7.77. The number of ether oxygens (including phenoxy) is 2. The Morgan fingerprint density at radius 2 is 1.87 bits per heavy atom. The molecule has 0 radical (unpaired) electrons. The van der Waals surface area contributed by atoms with Gasteiger partial charge in [0.25, 0.3) is 0 Å². The smallest absolute Gasteiger partial charge is 0.321 e. The van der Waals surface area contributed by atoms with Gasteiger partial charge in [0.2, 0.25) is 0 Å². The van der Waals surface area contributed by atoms with Crippen molar-refractivity contribution in [2.24, 2.45) is 0 Å². The molecule has 2 aromatic heterocycles. The lowest BCUT2D eigenvalue weighted by atomic mass is 10.2. The molecule has 0 spiro atoms. The molecule has 0 atom stereocenters. The van der Waals surface area contributed by atoms with Gasteiger partial charge >= 0.3 is 6.03 Å². The third-order valence-corrected chi connectivity index (χ3v) is 5.79. The zero-order valence-electron chi connectivity index (χ0n) is 17.6. The highest BCUT2D eigenvalue weighted by molar-refractivity contribution is 5.89. The number of nitrogens with zero attached hydrogens (tertiary/aromatic N) is 5. The molecule has 162 valence electrons. The predicted octanol–water partition coefficient (Wildman–Crippen LogP) is 2.36. The van der Waals surface area contributed by atoms with E-state index in [-0.39, 0.29) is 6.03 Å². The van der Waals surface area contributed by atoms with E-state index < -0.39 is 0 Å². The summed E-state index contributed by atoms with van der Waals surface area (Å²) in [6.45, 7) is 7.90. The molecule has 3 aromatic rings. The highest BCUT2D eigenvalue weighted by Crippen LogP contribution is 2.32. The average molecular weight is 422 g/mol. The van der Waals surface area contributed by atoms with Gasteiger partial charge in [-0.2, -0.15) is 0 Å². The van der Waals surface area contributed by atoms with Gasteiger partial charge in [-0.1, -0.05) is 0 Å². The molecule has 0 aliphatic carbocycles. The van der Waals surface area contributed by atoms with Crippen LogP contribution in [0.3, 0.4) is 0 Å². The Morgan fingerprint density at radius 1 is 1.06 bits per heavy atom. The fourth-order valence-corrected chi connectivity index (χ4v) is 4.08. The fourth-order valence-electron chi connectivity index (χ4n) is 4.08. The van der Waals surface area contributed by atoms with Crippen LogP contribution >= 0.6 is 0 Å². The van der Waals surface area contributed by atoms with Crippen LogP contribution in [0.5, 0.6) is 11.5 Å². The summed E-state index contributed by atoms with van der Waals surface area (Å²) in [4.78, 5) is 26.0. The van der Waals surface area contributed by atoms with E-state index in [1.807, 2.05) is 42.2 Å². The number of carbonyl (C=O) groups is 1. The van der Waals surface area contributed by atoms with Crippen molar-refractivity contribution in [1.29, 1.82) is 0 Å². The Labute approximate surface area is 180 Å². The monoisotopic (exact) mass is 422 g/mol. The number of pyridine rings is 1. The van der Waals surface area contributed by atoms with Crippen LogP contribution in [0.1, 0.15) is 5.82 Å². The molecule has 2 aliphatic rings. The third-order valence-electron chi connectivity index (χ3n) is 5.79. The van der Waals surface area contributed by atoms with Crippen molar-refractivity contribution in [2.45, 2.75) is 13.5 Å². The number of anilines is 1. The second kappa shape index (κ2) is 8.43. The predicted molar refractivity (Wildman–Crippen MR) is 117 cm³/mol. The summed E-state index contributed by atoms with van der Waals surface area (Å²) in [5.74, 6) is 2.37. The number of nitrogens with one attached hydrogen (secondary N) is 1. The summed E-state index contributed by atoms with van der Waals surface area (Å²) in [7, 11) is 0. The number of carbonyl (C=O) groups excluding carboxylic acids is 1. The van der Waals surface area contributed by atoms with Crippen LogP contribution in [-0.4, -0.2) is 76.3 Å². The lowest BCUT2D eigenvalue weighted by molar-refractivity contribution is 0.144. The first-order chi connectivity index (χ1) is 15.2. The van der Waals surface area contributed by atoms with Crippen molar-refractivity contribution in [1.82, 2.24) is 24.3 Å². The molecular weight excluding hydrogens is 396 g/mol. The van der Waals surface area contributed by atoms with E-state index in [0.717, 1.165) is 43.2 Å². The summed E-state index contributed by atoms with van der Waals surface area (Å²) >= 11 is 0.